The van der Waals surface area contributed by atoms with E-state index in [2.05, 4.69) is 33.2 Å². The van der Waals surface area contributed by atoms with E-state index in [1.165, 1.54) is 6.42 Å². The average Bonchev–Trinajstić information content (AvgIpc) is 2.58. The lowest BCUT2D eigenvalue weighted by Gasteiger charge is -2.14. The van der Waals surface area contributed by atoms with E-state index in [4.69, 9.17) is 11.6 Å². The minimum atomic E-state index is 0.513. The van der Waals surface area contributed by atoms with E-state index < -0.39 is 0 Å². The summed E-state index contributed by atoms with van der Waals surface area (Å²) in [6, 6.07) is 2.49. The summed E-state index contributed by atoms with van der Waals surface area (Å²) in [5.74, 6) is 1.14. The molecule has 2 rings (SSSR count). The van der Waals surface area contributed by atoms with Crippen LogP contribution in [0.2, 0.25) is 5.15 Å². The predicted molar refractivity (Wildman–Crippen MR) is 70.9 cm³/mol. The molecule has 0 aromatic carbocycles. The van der Waals surface area contributed by atoms with Crippen LogP contribution >= 0.6 is 39.3 Å². The Morgan fingerprint density at radius 2 is 2.47 bits per heavy atom. The number of hydrogen-bond donors (Lipinski definition) is 1. The number of aromatic nitrogens is 1. The monoisotopic (exact) mass is 306 g/mol. The Morgan fingerprint density at radius 1 is 1.67 bits per heavy atom. The summed E-state index contributed by atoms with van der Waals surface area (Å²) in [5.41, 5.74) is 0.922. The Bertz CT molecular complexity index is 361. The molecule has 2 atom stereocenters. The van der Waals surface area contributed by atoms with Gasteiger partial charge in [0.15, 0.2) is 5.15 Å². The Labute approximate surface area is 107 Å². The van der Waals surface area contributed by atoms with Crippen molar-refractivity contribution in [3.8, 4) is 0 Å². The van der Waals surface area contributed by atoms with Crippen molar-refractivity contribution in [2.45, 2.75) is 24.6 Å². The van der Waals surface area contributed by atoms with Crippen LogP contribution in [0.4, 0.5) is 5.69 Å². The molecule has 0 amide bonds. The van der Waals surface area contributed by atoms with Crippen LogP contribution < -0.4 is 5.32 Å². The molecule has 2 nitrogen and oxygen atoms in total. The highest BCUT2D eigenvalue weighted by Gasteiger charge is 2.22. The molecule has 2 heterocycles. The molecule has 0 radical (unpaired) electrons. The van der Waals surface area contributed by atoms with Gasteiger partial charge in [-0.2, -0.15) is 11.8 Å². The molecular weight excluding hydrogens is 296 g/mol. The smallest absolute Gasteiger partial charge is 0.152 e. The van der Waals surface area contributed by atoms with Crippen molar-refractivity contribution in [2.75, 3.05) is 11.1 Å². The largest absolute Gasteiger partial charge is 0.379 e. The summed E-state index contributed by atoms with van der Waals surface area (Å²) < 4.78 is 0.952. The molecular formula is C10H12BrClN2S. The molecule has 1 N–H and O–H groups in total. The van der Waals surface area contributed by atoms with E-state index in [1.54, 1.807) is 6.20 Å². The molecule has 2 unspecified atom stereocenters. The van der Waals surface area contributed by atoms with Gasteiger partial charge in [-0.1, -0.05) is 18.5 Å². The quantitative estimate of drug-likeness (QED) is 0.841. The van der Waals surface area contributed by atoms with Gasteiger partial charge in [0, 0.05) is 27.7 Å². The van der Waals surface area contributed by atoms with E-state index >= 15 is 0 Å². The molecule has 15 heavy (non-hydrogen) atoms. The highest BCUT2D eigenvalue weighted by atomic mass is 79.9. The Balaban J connectivity index is 2.07. The van der Waals surface area contributed by atoms with E-state index in [-0.39, 0.29) is 0 Å². The van der Waals surface area contributed by atoms with E-state index in [0.717, 1.165) is 21.2 Å². The fourth-order valence-electron chi connectivity index (χ4n) is 1.66. The standard InChI is InChI=1S/C10H12BrClN2S/c1-6-2-8(5-15-6)14-9-3-7(11)4-13-10(9)12/h3-4,6,8,14H,2,5H2,1H3. The van der Waals surface area contributed by atoms with Gasteiger partial charge in [0.05, 0.1) is 5.69 Å². The van der Waals surface area contributed by atoms with Gasteiger partial charge in [-0.25, -0.2) is 4.98 Å². The molecule has 0 bridgehead atoms. The molecule has 5 heteroatoms. The van der Waals surface area contributed by atoms with Crippen LogP contribution in [0.1, 0.15) is 13.3 Å². The van der Waals surface area contributed by atoms with E-state index in [9.17, 15) is 0 Å². The van der Waals surface area contributed by atoms with Crippen LogP contribution in [0.5, 0.6) is 0 Å². The number of hydrogen-bond acceptors (Lipinski definition) is 3. The molecule has 0 spiro atoms. The third-order valence-electron chi connectivity index (χ3n) is 2.36. The summed E-state index contributed by atoms with van der Waals surface area (Å²) in [7, 11) is 0. The van der Waals surface area contributed by atoms with Crippen molar-refractivity contribution in [1.82, 2.24) is 4.98 Å². The first-order valence-corrected chi connectivity index (χ1v) is 7.06. The third kappa shape index (κ3) is 3.02. The number of pyridine rings is 1. The highest BCUT2D eigenvalue weighted by molar-refractivity contribution is 9.10. The lowest BCUT2D eigenvalue weighted by atomic mass is 10.2. The second-order valence-electron chi connectivity index (χ2n) is 3.71. The van der Waals surface area contributed by atoms with Crippen LogP contribution in [-0.2, 0) is 0 Å². The number of nitrogens with zero attached hydrogens (tertiary/aromatic N) is 1. The molecule has 1 aliphatic rings. The van der Waals surface area contributed by atoms with Crippen molar-refractivity contribution in [2.24, 2.45) is 0 Å². The Kier molecular flexibility index (Phi) is 3.80. The minimum Gasteiger partial charge on any atom is -0.379 e. The molecule has 1 aromatic rings. The summed E-state index contributed by atoms with van der Waals surface area (Å²) in [6.07, 6.45) is 2.90. The van der Waals surface area contributed by atoms with Gasteiger partial charge in [-0.3, -0.25) is 0 Å². The SMILES string of the molecule is CC1CC(Nc2cc(Br)cnc2Cl)CS1. The zero-order chi connectivity index (χ0) is 10.8. The van der Waals surface area contributed by atoms with Crippen LogP contribution in [0.25, 0.3) is 0 Å². The summed E-state index contributed by atoms with van der Waals surface area (Å²) >= 11 is 11.4. The first-order valence-electron chi connectivity index (χ1n) is 4.84. The summed E-state index contributed by atoms with van der Waals surface area (Å²) in [5, 5.41) is 4.72. The minimum absolute atomic E-state index is 0.513. The molecule has 0 aliphatic carbocycles. The van der Waals surface area contributed by atoms with Crippen molar-refractivity contribution in [3.05, 3.63) is 21.9 Å². The molecule has 1 fully saturated rings. The van der Waals surface area contributed by atoms with Crippen LogP contribution in [0.3, 0.4) is 0 Å². The Hall–Kier alpha value is 0.0700. The summed E-state index contributed by atoms with van der Waals surface area (Å²) in [6.45, 7) is 2.26. The molecule has 1 saturated heterocycles. The lowest BCUT2D eigenvalue weighted by Crippen LogP contribution is -2.19. The van der Waals surface area contributed by atoms with E-state index in [1.807, 2.05) is 17.8 Å². The number of nitrogens with one attached hydrogen (secondary N) is 1. The van der Waals surface area contributed by atoms with Gasteiger partial charge < -0.3 is 5.32 Å². The van der Waals surface area contributed by atoms with Crippen LogP contribution in [0.15, 0.2) is 16.7 Å². The number of thioether (sulfide) groups is 1. The van der Waals surface area contributed by atoms with Gasteiger partial charge in [-0.05, 0) is 28.4 Å². The first-order chi connectivity index (χ1) is 7.15. The van der Waals surface area contributed by atoms with Crippen molar-refractivity contribution in [3.63, 3.8) is 0 Å². The van der Waals surface area contributed by atoms with Crippen LogP contribution in [-0.4, -0.2) is 22.0 Å². The maximum absolute atomic E-state index is 6.01. The Morgan fingerprint density at radius 3 is 3.13 bits per heavy atom. The zero-order valence-corrected chi connectivity index (χ0v) is 11.5. The lowest BCUT2D eigenvalue weighted by molar-refractivity contribution is 0.746. The van der Waals surface area contributed by atoms with Gasteiger partial charge >= 0.3 is 0 Å². The van der Waals surface area contributed by atoms with Gasteiger partial charge in [-0.15, -0.1) is 0 Å². The molecule has 1 aromatic heterocycles. The third-order valence-corrected chi connectivity index (χ3v) is 4.45. The van der Waals surface area contributed by atoms with Gasteiger partial charge in [0.2, 0.25) is 0 Å². The van der Waals surface area contributed by atoms with E-state index in [0.29, 0.717) is 11.2 Å². The van der Waals surface area contributed by atoms with Gasteiger partial charge in [0.1, 0.15) is 0 Å². The topological polar surface area (TPSA) is 24.9 Å². The molecule has 0 saturated carbocycles. The fraction of sp³-hybridized carbons (Fsp3) is 0.500. The number of halogens is 2. The fourth-order valence-corrected chi connectivity index (χ4v) is 3.30. The highest BCUT2D eigenvalue weighted by Crippen LogP contribution is 2.30. The summed E-state index contributed by atoms with van der Waals surface area (Å²) in [4.78, 5) is 4.09. The number of anilines is 1. The molecule has 1 aliphatic heterocycles. The predicted octanol–water partition coefficient (Wildman–Crippen LogP) is 3.80. The molecule has 82 valence electrons. The second-order valence-corrected chi connectivity index (χ2v) is 6.46. The maximum Gasteiger partial charge on any atom is 0.152 e. The average molecular weight is 308 g/mol. The van der Waals surface area contributed by atoms with Crippen molar-refractivity contribution >= 4 is 45.0 Å². The maximum atomic E-state index is 6.01. The van der Waals surface area contributed by atoms with Crippen LogP contribution in [0, 0.1) is 0 Å². The van der Waals surface area contributed by atoms with Crippen molar-refractivity contribution in [1.29, 1.82) is 0 Å². The first kappa shape index (κ1) is 11.6. The normalized spacial score (nSPS) is 25.5. The second kappa shape index (κ2) is 4.93. The zero-order valence-electron chi connectivity index (χ0n) is 8.34. The van der Waals surface area contributed by atoms with Crippen molar-refractivity contribution < 1.29 is 0 Å². The van der Waals surface area contributed by atoms with Gasteiger partial charge in [0.25, 0.3) is 0 Å². The number of rotatable bonds is 2.